The second-order valence-corrected chi connectivity index (χ2v) is 5.38. The minimum absolute atomic E-state index is 0.0909. The molecule has 2 N–H and O–H groups in total. The van der Waals surface area contributed by atoms with Crippen LogP contribution in [0.3, 0.4) is 0 Å². The van der Waals surface area contributed by atoms with E-state index in [0.29, 0.717) is 27.3 Å². The zero-order valence-electron chi connectivity index (χ0n) is 10.2. The van der Waals surface area contributed by atoms with Gasteiger partial charge in [0.2, 0.25) is 0 Å². The lowest BCUT2D eigenvalue weighted by Crippen LogP contribution is -2.26. The summed E-state index contributed by atoms with van der Waals surface area (Å²) in [5.41, 5.74) is 0.634. The Hall–Kier alpha value is -0.190. The number of hydrogen-bond acceptors (Lipinski definition) is 3. The van der Waals surface area contributed by atoms with Crippen molar-refractivity contribution in [2.45, 2.75) is 26.1 Å². The van der Waals surface area contributed by atoms with Crippen molar-refractivity contribution in [2.75, 3.05) is 18.5 Å². The van der Waals surface area contributed by atoms with Gasteiger partial charge in [0.25, 0.3) is 0 Å². The van der Waals surface area contributed by atoms with E-state index in [-0.39, 0.29) is 12.7 Å². The second kappa shape index (κ2) is 7.41. The molecule has 0 aliphatic carbocycles. The Kier molecular flexibility index (Phi) is 6.53. The summed E-state index contributed by atoms with van der Waals surface area (Å²) in [5, 5.41) is 14.0. The average molecular weight is 313 g/mol. The Morgan fingerprint density at radius 2 is 1.78 bits per heavy atom. The number of rotatable bonds is 6. The van der Waals surface area contributed by atoms with Gasteiger partial charge in [-0.15, -0.1) is 0 Å². The third-order valence-corrected chi connectivity index (χ3v) is 3.19. The fourth-order valence-electron chi connectivity index (χ4n) is 1.25. The van der Waals surface area contributed by atoms with Gasteiger partial charge in [0.15, 0.2) is 0 Å². The van der Waals surface area contributed by atoms with Crippen LogP contribution in [0.15, 0.2) is 12.1 Å². The summed E-state index contributed by atoms with van der Waals surface area (Å²) in [4.78, 5) is 0. The average Bonchev–Trinajstić information content (AvgIpc) is 2.29. The first-order chi connectivity index (χ1) is 8.40. The van der Waals surface area contributed by atoms with Gasteiger partial charge >= 0.3 is 0 Å². The Bertz CT molecular complexity index is 399. The number of hydrogen-bond donors (Lipinski definition) is 2. The minimum Gasteiger partial charge on any atom is -0.389 e. The molecule has 0 aromatic heterocycles. The topological polar surface area (TPSA) is 41.5 Å². The Labute approximate surface area is 122 Å². The van der Waals surface area contributed by atoms with Crippen molar-refractivity contribution < 1.29 is 9.84 Å². The molecule has 0 aliphatic rings. The SMILES string of the molecule is CC(C)OCC(O)CNc1cc(Cl)c(Cl)cc1Cl. The summed E-state index contributed by atoms with van der Waals surface area (Å²) < 4.78 is 5.29. The molecule has 0 aliphatic heterocycles. The number of ether oxygens (including phenoxy) is 1. The van der Waals surface area contributed by atoms with Crippen LogP contribution in [0.5, 0.6) is 0 Å². The summed E-state index contributed by atoms with van der Waals surface area (Å²) in [6.45, 7) is 4.42. The molecular weight excluding hydrogens is 296 g/mol. The van der Waals surface area contributed by atoms with E-state index in [9.17, 15) is 5.11 Å². The van der Waals surface area contributed by atoms with Crippen LogP contribution in [0.25, 0.3) is 0 Å². The third kappa shape index (κ3) is 5.21. The molecule has 6 heteroatoms. The maximum absolute atomic E-state index is 9.68. The van der Waals surface area contributed by atoms with Gasteiger partial charge in [0, 0.05) is 6.54 Å². The van der Waals surface area contributed by atoms with Crippen molar-refractivity contribution in [1.82, 2.24) is 0 Å². The molecule has 0 saturated heterocycles. The van der Waals surface area contributed by atoms with E-state index in [0.717, 1.165) is 0 Å². The van der Waals surface area contributed by atoms with Gasteiger partial charge in [-0.1, -0.05) is 34.8 Å². The maximum atomic E-state index is 9.68. The fourth-order valence-corrected chi connectivity index (χ4v) is 1.86. The smallest absolute Gasteiger partial charge is 0.0945 e. The van der Waals surface area contributed by atoms with Gasteiger partial charge in [-0.2, -0.15) is 0 Å². The standard InChI is InChI=1S/C12H16Cl3NO2/c1-7(2)18-6-8(17)5-16-12-4-10(14)9(13)3-11(12)15/h3-4,7-8,16-17H,5-6H2,1-2H3. The molecule has 0 fully saturated rings. The fraction of sp³-hybridized carbons (Fsp3) is 0.500. The third-order valence-electron chi connectivity index (χ3n) is 2.16. The van der Waals surface area contributed by atoms with E-state index in [1.54, 1.807) is 12.1 Å². The van der Waals surface area contributed by atoms with Crippen molar-refractivity contribution in [1.29, 1.82) is 0 Å². The summed E-state index contributed by atoms with van der Waals surface area (Å²) in [5.74, 6) is 0. The van der Waals surface area contributed by atoms with Crippen LogP contribution >= 0.6 is 34.8 Å². The Morgan fingerprint density at radius 1 is 1.17 bits per heavy atom. The highest BCUT2D eigenvalue weighted by Gasteiger charge is 2.09. The van der Waals surface area contributed by atoms with Crippen LogP contribution in [0.4, 0.5) is 5.69 Å². The molecule has 0 bridgehead atoms. The summed E-state index contributed by atoms with van der Waals surface area (Å²) in [6, 6.07) is 3.19. The lowest BCUT2D eigenvalue weighted by molar-refractivity contribution is 0.0112. The second-order valence-electron chi connectivity index (χ2n) is 4.16. The summed E-state index contributed by atoms with van der Waals surface area (Å²) in [7, 11) is 0. The first-order valence-electron chi connectivity index (χ1n) is 5.58. The van der Waals surface area contributed by atoms with Crippen molar-refractivity contribution in [3.63, 3.8) is 0 Å². The Balaban J connectivity index is 2.50. The monoisotopic (exact) mass is 311 g/mol. The highest BCUT2D eigenvalue weighted by atomic mass is 35.5. The minimum atomic E-state index is -0.613. The van der Waals surface area contributed by atoms with E-state index in [4.69, 9.17) is 39.5 Å². The zero-order valence-corrected chi connectivity index (χ0v) is 12.5. The van der Waals surface area contributed by atoms with Crippen molar-refractivity contribution in [3.05, 3.63) is 27.2 Å². The van der Waals surface area contributed by atoms with Crippen LogP contribution in [0.1, 0.15) is 13.8 Å². The first-order valence-corrected chi connectivity index (χ1v) is 6.71. The highest BCUT2D eigenvalue weighted by molar-refractivity contribution is 6.44. The molecule has 1 aromatic rings. The van der Waals surface area contributed by atoms with E-state index in [1.165, 1.54) is 0 Å². The Morgan fingerprint density at radius 3 is 2.39 bits per heavy atom. The normalized spacial score (nSPS) is 12.8. The number of anilines is 1. The molecule has 0 amide bonds. The zero-order chi connectivity index (χ0) is 13.7. The molecule has 0 saturated carbocycles. The van der Waals surface area contributed by atoms with Crippen LogP contribution in [0.2, 0.25) is 15.1 Å². The molecule has 102 valence electrons. The molecule has 18 heavy (non-hydrogen) atoms. The van der Waals surface area contributed by atoms with E-state index < -0.39 is 6.10 Å². The quantitative estimate of drug-likeness (QED) is 0.784. The number of benzene rings is 1. The number of halogens is 3. The van der Waals surface area contributed by atoms with Crippen LogP contribution < -0.4 is 5.32 Å². The maximum Gasteiger partial charge on any atom is 0.0945 e. The number of aliphatic hydroxyl groups excluding tert-OH is 1. The molecule has 1 unspecified atom stereocenters. The van der Waals surface area contributed by atoms with Crippen LogP contribution in [-0.4, -0.2) is 30.5 Å². The largest absolute Gasteiger partial charge is 0.389 e. The van der Waals surface area contributed by atoms with Crippen molar-refractivity contribution >= 4 is 40.5 Å². The van der Waals surface area contributed by atoms with E-state index in [2.05, 4.69) is 5.32 Å². The van der Waals surface area contributed by atoms with Gasteiger partial charge in [-0.05, 0) is 26.0 Å². The van der Waals surface area contributed by atoms with Crippen LogP contribution in [0, 0.1) is 0 Å². The number of nitrogens with one attached hydrogen (secondary N) is 1. The summed E-state index contributed by atoms with van der Waals surface area (Å²) >= 11 is 17.7. The molecule has 3 nitrogen and oxygen atoms in total. The molecular formula is C12H16Cl3NO2. The first kappa shape index (κ1) is 15.9. The number of aliphatic hydroxyl groups is 1. The van der Waals surface area contributed by atoms with E-state index in [1.807, 2.05) is 13.8 Å². The van der Waals surface area contributed by atoms with Gasteiger partial charge in [0.05, 0.1) is 39.6 Å². The molecule has 1 aromatic carbocycles. The summed E-state index contributed by atoms with van der Waals surface area (Å²) in [6.07, 6.45) is -0.522. The molecule has 0 radical (unpaired) electrons. The molecule has 0 heterocycles. The lowest BCUT2D eigenvalue weighted by Gasteiger charge is -2.16. The van der Waals surface area contributed by atoms with Gasteiger partial charge in [-0.3, -0.25) is 0 Å². The molecule has 1 atom stereocenters. The molecule has 0 spiro atoms. The van der Waals surface area contributed by atoms with Gasteiger partial charge < -0.3 is 15.2 Å². The molecule has 1 rings (SSSR count). The van der Waals surface area contributed by atoms with Gasteiger partial charge in [0.1, 0.15) is 0 Å². The van der Waals surface area contributed by atoms with E-state index >= 15 is 0 Å². The lowest BCUT2D eigenvalue weighted by atomic mass is 10.3. The highest BCUT2D eigenvalue weighted by Crippen LogP contribution is 2.32. The predicted octanol–water partition coefficient (Wildman–Crippen LogP) is 3.84. The van der Waals surface area contributed by atoms with Crippen molar-refractivity contribution in [3.8, 4) is 0 Å². The predicted molar refractivity (Wildman–Crippen MR) is 77.1 cm³/mol. The van der Waals surface area contributed by atoms with Crippen LogP contribution in [-0.2, 0) is 4.74 Å². The van der Waals surface area contributed by atoms with Crippen molar-refractivity contribution in [2.24, 2.45) is 0 Å². The van der Waals surface area contributed by atoms with Gasteiger partial charge in [-0.25, -0.2) is 0 Å².